The van der Waals surface area contributed by atoms with Crippen molar-refractivity contribution in [2.45, 2.75) is 51.4 Å². The molecule has 2 saturated heterocycles. The number of hydrogen-bond donors (Lipinski definition) is 3. The van der Waals surface area contributed by atoms with E-state index in [1.165, 1.54) is 29.3 Å². The zero-order valence-corrected chi connectivity index (χ0v) is 26.5. The first-order valence-electron chi connectivity index (χ1n) is 15.1. The average Bonchev–Trinajstić information content (AvgIpc) is 3.44. The molecule has 0 radical (unpaired) electrons. The first kappa shape index (κ1) is 34.7. The van der Waals surface area contributed by atoms with Crippen LogP contribution < -0.4 is 22.5 Å². The molecule has 1 aliphatic carbocycles. The summed E-state index contributed by atoms with van der Waals surface area (Å²) in [5.41, 5.74) is 9.30. The van der Waals surface area contributed by atoms with Crippen LogP contribution in [0.5, 0.6) is 0 Å². The third-order valence-corrected chi connectivity index (χ3v) is 9.24. The molecule has 3 unspecified atom stereocenters. The van der Waals surface area contributed by atoms with Crippen molar-refractivity contribution in [3.8, 4) is 5.69 Å². The summed E-state index contributed by atoms with van der Waals surface area (Å²) in [6.07, 6.45) is -2.34. The molecule has 45 heavy (non-hydrogen) atoms. The molecule has 3 fully saturated rings. The number of urea groups is 1. The van der Waals surface area contributed by atoms with E-state index in [1.807, 2.05) is 6.92 Å². The maximum absolute atomic E-state index is 14.2. The number of rotatable bonds is 8. The van der Waals surface area contributed by atoms with Crippen molar-refractivity contribution in [3.05, 3.63) is 52.1 Å². The van der Waals surface area contributed by atoms with Crippen molar-refractivity contribution in [1.82, 2.24) is 24.3 Å². The first-order chi connectivity index (χ1) is 20.7. The Morgan fingerprint density at radius 3 is 2.22 bits per heavy atom. The maximum atomic E-state index is 14.2. The van der Waals surface area contributed by atoms with Gasteiger partial charge in [-0.2, -0.15) is 18.2 Å². The lowest BCUT2D eigenvalue weighted by Crippen LogP contribution is -2.58. The highest BCUT2D eigenvalue weighted by Gasteiger charge is 2.55. The number of nitrogens with two attached hydrogens (primary N) is 2. The number of amides is 3. The number of nitrogens with one attached hydrogen (secondary N) is 1. The fourth-order valence-corrected chi connectivity index (χ4v) is 6.65. The number of piperazine rings is 1. The van der Waals surface area contributed by atoms with Crippen LogP contribution in [0.15, 0.2) is 35.3 Å². The Kier molecular flexibility index (Phi) is 10.2. The van der Waals surface area contributed by atoms with Gasteiger partial charge in [0.1, 0.15) is 5.82 Å². The average molecular weight is 655 g/mol. The highest BCUT2D eigenvalue weighted by atomic mass is 35.5. The molecule has 248 valence electrons. The molecule has 1 aromatic carbocycles. The second kappa shape index (κ2) is 13.3. The van der Waals surface area contributed by atoms with E-state index in [-0.39, 0.29) is 60.9 Å². The number of fused-ring (bicyclic) bond motifs is 1. The van der Waals surface area contributed by atoms with Gasteiger partial charge in [-0.05, 0) is 74.8 Å². The Balaban J connectivity index is 0.00000461. The number of hydrogen-bond acceptors (Lipinski definition) is 7. The van der Waals surface area contributed by atoms with Gasteiger partial charge in [0, 0.05) is 51.5 Å². The summed E-state index contributed by atoms with van der Waals surface area (Å²) in [7, 11) is 0. The fraction of sp³-hybridized carbons (Fsp3) is 0.600. The summed E-state index contributed by atoms with van der Waals surface area (Å²) < 4.78 is 43.7. The monoisotopic (exact) mass is 654 g/mol. The van der Waals surface area contributed by atoms with Gasteiger partial charge in [-0.25, -0.2) is 9.59 Å². The van der Waals surface area contributed by atoms with E-state index < -0.39 is 29.0 Å². The van der Waals surface area contributed by atoms with Gasteiger partial charge in [0.15, 0.2) is 0 Å². The second-order valence-corrected chi connectivity index (χ2v) is 12.7. The van der Waals surface area contributed by atoms with E-state index in [0.29, 0.717) is 37.4 Å². The summed E-state index contributed by atoms with van der Waals surface area (Å²) in [5, 5.41) is 2.56. The van der Waals surface area contributed by atoms with E-state index in [9.17, 15) is 27.6 Å². The van der Waals surface area contributed by atoms with Crippen LogP contribution in [0.2, 0.25) is 0 Å². The molecule has 3 aliphatic rings. The van der Waals surface area contributed by atoms with E-state index in [0.717, 1.165) is 30.1 Å². The Morgan fingerprint density at radius 1 is 1.07 bits per heavy atom. The first-order valence-corrected chi connectivity index (χ1v) is 15.1. The minimum atomic E-state index is -4.61. The van der Waals surface area contributed by atoms with Crippen molar-refractivity contribution in [3.63, 3.8) is 0 Å². The van der Waals surface area contributed by atoms with Crippen molar-refractivity contribution < 1.29 is 22.8 Å². The predicted octanol–water partition coefficient (Wildman–Crippen LogP) is 2.54. The molecule has 3 atom stereocenters. The van der Waals surface area contributed by atoms with Gasteiger partial charge >= 0.3 is 17.9 Å². The molecule has 2 aliphatic heterocycles. The van der Waals surface area contributed by atoms with E-state index in [4.69, 9.17) is 11.5 Å². The molecule has 3 heterocycles. The van der Waals surface area contributed by atoms with Crippen LogP contribution in [0.1, 0.15) is 38.3 Å². The van der Waals surface area contributed by atoms with Crippen LogP contribution in [-0.4, -0.2) is 93.6 Å². The van der Waals surface area contributed by atoms with Crippen LogP contribution >= 0.6 is 12.4 Å². The highest BCUT2D eigenvalue weighted by molar-refractivity contribution is 5.89. The SMILES string of the molecule is CCC(Cc1ccc(-n2ccc(NC(=O)N3CCN(C(=O)C(C)(C)N)CC3)nc2=O)cc1C(F)(F)F)N1CC2C(CN)C2C1.Cl. The number of benzene rings is 1. The molecule has 2 aromatic rings. The molecule has 5 N–H and O–H groups in total. The molecule has 0 bridgehead atoms. The van der Waals surface area contributed by atoms with E-state index >= 15 is 0 Å². The third kappa shape index (κ3) is 7.45. The Bertz CT molecular complexity index is 1440. The number of likely N-dealkylation sites (tertiary alicyclic amines) is 1. The zero-order valence-electron chi connectivity index (χ0n) is 25.7. The summed E-state index contributed by atoms with van der Waals surface area (Å²) in [6, 6.07) is 4.76. The minimum Gasteiger partial charge on any atom is -0.338 e. The molecule has 1 saturated carbocycles. The lowest BCUT2D eigenvalue weighted by Gasteiger charge is -2.37. The molecule has 1 aromatic heterocycles. The van der Waals surface area contributed by atoms with Gasteiger partial charge < -0.3 is 21.3 Å². The molecular formula is C30H42ClF3N8O3. The lowest BCUT2D eigenvalue weighted by molar-refractivity contribution is -0.138. The minimum absolute atomic E-state index is 0. The largest absolute Gasteiger partial charge is 0.416 e. The molecule has 15 heteroatoms. The zero-order chi connectivity index (χ0) is 32.0. The number of halogens is 4. The quantitative estimate of drug-likeness (QED) is 0.397. The third-order valence-electron chi connectivity index (χ3n) is 9.24. The molecule has 11 nitrogen and oxygen atoms in total. The Hall–Kier alpha value is -3.20. The number of aromatic nitrogens is 2. The molecule has 3 amide bonds. The fourth-order valence-electron chi connectivity index (χ4n) is 6.65. The topological polar surface area (TPSA) is 143 Å². The van der Waals surface area contributed by atoms with Gasteiger partial charge in [0.2, 0.25) is 5.91 Å². The molecular weight excluding hydrogens is 613 g/mol. The number of piperidine rings is 1. The summed E-state index contributed by atoms with van der Waals surface area (Å²) >= 11 is 0. The number of anilines is 1. The van der Waals surface area contributed by atoms with Crippen LogP contribution in [0, 0.1) is 17.8 Å². The van der Waals surface area contributed by atoms with E-state index in [1.54, 1.807) is 18.7 Å². The highest BCUT2D eigenvalue weighted by Crippen LogP contribution is 2.51. The smallest absolute Gasteiger partial charge is 0.338 e. The van der Waals surface area contributed by atoms with Gasteiger partial charge in [-0.3, -0.25) is 19.6 Å². The van der Waals surface area contributed by atoms with Crippen LogP contribution in [0.4, 0.5) is 23.8 Å². The van der Waals surface area contributed by atoms with Gasteiger partial charge in [-0.1, -0.05) is 13.0 Å². The maximum Gasteiger partial charge on any atom is 0.416 e. The van der Waals surface area contributed by atoms with Crippen LogP contribution in [0.3, 0.4) is 0 Å². The molecule has 0 spiro atoms. The summed E-state index contributed by atoms with van der Waals surface area (Å²) in [6.45, 7) is 8.80. The number of alkyl halides is 3. The van der Waals surface area contributed by atoms with Crippen molar-refractivity contribution in [1.29, 1.82) is 0 Å². The van der Waals surface area contributed by atoms with Crippen molar-refractivity contribution in [2.24, 2.45) is 29.2 Å². The van der Waals surface area contributed by atoms with Gasteiger partial charge in [-0.15, -0.1) is 12.4 Å². The van der Waals surface area contributed by atoms with E-state index in [2.05, 4.69) is 15.2 Å². The van der Waals surface area contributed by atoms with Crippen LogP contribution in [-0.2, 0) is 17.4 Å². The van der Waals surface area contributed by atoms with Crippen LogP contribution in [0.25, 0.3) is 5.69 Å². The predicted molar refractivity (Wildman–Crippen MR) is 166 cm³/mol. The van der Waals surface area contributed by atoms with Crippen molar-refractivity contribution >= 4 is 30.2 Å². The number of carbonyl (C=O) groups excluding carboxylic acids is 2. The number of nitrogens with zero attached hydrogens (tertiary/aromatic N) is 5. The van der Waals surface area contributed by atoms with Gasteiger partial charge in [0.25, 0.3) is 0 Å². The van der Waals surface area contributed by atoms with Gasteiger partial charge in [0.05, 0.1) is 16.8 Å². The number of carbonyl (C=O) groups is 2. The lowest BCUT2D eigenvalue weighted by atomic mass is 9.96. The standard InChI is InChI=1S/C30H41F3N8O3.ClH/c1-4-19(40-16-22-21(15-34)23(22)17-40)13-18-5-6-20(14-24(18)30(31,32)33)41-8-7-25(37-28(41)44)36-27(43)39-11-9-38(10-12-39)26(42)29(2,3)35;/h5-8,14,19,21-23H,4,9-13,15-17,34-35H2,1-3H3,(H,36,37,43,44);1H. The molecule has 5 rings (SSSR count). The summed E-state index contributed by atoms with van der Waals surface area (Å²) in [4.78, 5) is 47.3. The Morgan fingerprint density at radius 2 is 1.69 bits per heavy atom. The van der Waals surface area contributed by atoms with Crippen molar-refractivity contribution in [2.75, 3.05) is 51.1 Å². The second-order valence-electron chi connectivity index (χ2n) is 12.7. The normalized spacial score (nSPS) is 22.4. The Labute approximate surface area is 266 Å². The summed E-state index contributed by atoms with van der Waals surface area (Å²) in [5.74, 6) is 1.40.